The summed E-state index contributed by atoms with van der Waals surface area (Å²) in [5.74, 6) is -0.234. The van der Waals surface area contributed by atoms with E-state index in [-0.39, 0.29) is 11.9 Å². The van der Waals surface area contributed by atoms with E-state index in [0.29, 0.717) is 18.7 Å². The van der Waals surface area contributed by atoms with Crippen LogP contribution in [-0.2, 0) is 6.54 Å². The third kappa shape index (κ3) is 4.36. The van der Waals surface area contributed by atoms with Gasteiger partial charge in [0.05, 0.1) is 0 Å². The Balaban J connectivity index is 2.18. The molecule has 5 heteroatoms. The fourth-order valence-electron chi connectivity index (χ4n) is 2.30. The molecule has 2 aromatic rings. The van der Waals surface area contributed by atoms with Gasteiger partial charge in [0.25, 0.3) is 0 Å². The van der Waals surface area contributed by atoms with Crippen LogP contribution in [0.15, 0.2) is 51.4 Å². The van der Waals surface area contributed by atoms with Crippen molar-refractivity contribution in [2.24, 2.45) is 5.73 Å². The van der Waals surface area contributed by atoms with E-state index >= 15 is 0 Å². The molecule has 2 aromatic carbocycles. The predicted molar refractivity (Wildman–Crippen MR) is 91.5 cm³/mol. The summed E-state index contributed by atoms with van der Waals surface area (Å²) in [6, 6.07) is 13.1. The van der Waals surface area contributed by atoms with Gasteiger partial charge in [-0.3, -0.25) is 4.90 Å². The summed E-state index contributed by atoms with van der Waals surface area (Å²) < 4.78 is 15.9. The van der Waals surface area contributed by atoms with E-state index in [0.717, 1.165) is 14.5 Å². The van der Waals surface area contributed by atoms with Crippen LogP contribution in [0.2, 0.25) is 0 Å². The minimum Gasteiger partial charge on any atom is -0.329 e. The summed E-state index contributed by atoms with van der Waals surface area (Å²) in [6.45, 7) is 1.08. The normalized spacial score (nSPS) is 12.7. The van der Waals surface area contributed by atoms with Gasteiger partial charge in [-0.15, -0.1) is 0 Å². The van der Waals surface area contributed by atoms with Gasteiger partial charge in [-0.25, -0.2) is 4.39 Å². The van der Waals surface area contributed by atoms with E-state index in [4.69, 9.17) is 5.73 Å². The van der Waals surface area contributed by atoms with Crippen molar-refractivity contribution >= 4 is 31.9 Å². The molecule has 2 rings (SSSR count). The Hall–Kier alpha value is -0.750. The highest BCUT2D eigenvalue weighted by molar-refractivity contribution is 9.10. The first-order valence-corrected chi connectivity index (χ1v) is 8.19. The van der Waals surface area contributed by atoms with Gasteiger partial charge in [0.2, 0.25) is 0 Å². The molecule has 112 valence electrons. The van der Waals surface area contributed by atoms with Gasteiger partial charge in [-0.05, 0) is 36.9 Å². The summed E-state index contributed by atoms with van der Waals surface area (Å²) in [5, 5.41) is 0. The van der Waals surface area contributed by atoms with Crippen molar-refractivity contribution in [1.29, 1.82) is 0 Å². The Morgan fingerprint density at radius 2 is 1.71 bits per heavy atom. The quantitative estimate of drug-likeness (QED) is 0.779. The summed E-state index contributed by atoms with van der Waals surface area (Å²) in [5.41, 5.74) is 7.65. The highest BCUT2D eigenvalue weighted by Crippen LogP contribution is 2.25. The Bertz CT molecular complexity index is 602. The fourth-order valence-corrected chi connectivity index (χ4v) is 2.90. The topological polar surface area (TPSA) is 29.3 Å². The zero-order valence-electron chi connectivity index (χ0n) is 11.7. The second kappa shape index (κ2) is 7.49. The Morgan fingerprint density at radius 3 is 2.29 bits per heavy atom. The van der Waals surface area contributed by atoms with Crippen LogP contribution in [0.4, 0.5) is 4.39 Å². The first kappa shape index (κ1) is 16.6. The van der Waals surface area contributed by atoms with Crippen LogP contribution in [-0.4, -0.2) is 18.5 Å². The molecular weight excluding hydrogens is 399 g/mol. The summed E-state index contributed by atoms with van der Waals surface area (Å²) in [7, 11) is 1.96. The zero-order valence-corrected chi connectivity index (χ0v) is 14.9. The lowest BCUT2D eigenvalue weighted by atomic mass is 10.0. The summed E-state index contributed by atoms with van der Waals surface area (Å²) >= 11 is 6.70. The minimum atomic E-state index is -0.234. The first-order valence-electron chi connectivity index (χ1n) is 6.61. The number of likely N-dealkylation sites (N-methyl/N-ethyl adjacent to an activating group) is 1. The average Bonchev–Trinajstić information content (AvgIpc) is 2.44. The molecule has 0 saturated heterocycles. The molecule has 0 fully saturated rings. The predicted octanol–water partition coefficient (Wildman–Crippen LogP) is 4.48. The third-order valence-electron chi connectivity index (χ3n) is 3.42. The lowest BCUT2D eigenvalue weighted by Crippen LogP contribution is -2.30. The molecule has 2 nitrogen and oxygen atoms in total. The maximum Gasteiger partial charge on any atom is 0.129 e. The smallest absolute Gasteiger partial charge is 0.129 e. The van der Waals surface area contributed by atoms with Crippen molar-refractivity contribution in [1.82, 2.24) is 4.90 Å². The van der Waals surface area contributed by atoms with Crippen LogP contribution < -0.4 is 5.73 Å². The van der Waals surface area contributed by atoms with Gasteiger partial charge in [0, 0.05) is 33.6 Å². The van der Waals surface area contributed by atoms with E-state index in [1.165, 1.54) is 6.07 Å². The lowest BCUT2D eigenvalue weighted by molar-refractivity contribution is 0.236. The second-order valence-corrected chi connectivity index (χ2v) is 6.79. The fraction of sp³-hybridized carbons (Fsp3) is 0.250. The number of rotatable bonds is 5. The second-order valence-electron chi connectivity index (χ2n) is 4.96. The highest BCUT2D eigenvalue weighted by Gasteiger charge is 2.19. The monoisotopic (exact) mass is 414 g/mol. The Labute approximate surface area is 141 Å². The summed E-state index contributed by atoms with van der Waals surface area (Å²) in [6.07, 6.45) is 0. The maximum atomic E-state index is 14.1. The molecule has 0 bridgehead atoms. The molecular formula is C16H17Br2FN2. The van der Waals surface area contributed by atoms with Crippen molar-refractivity contribution in [3.8, 4) is 0 Å². The van der Waals surface area contributed by atoms with Crippen molar-refractivity contribution in [2.45, 2.75) is 12.6 Å². The number of benzene rings is 2. The molecule has 0 spiro atoms. The number of nitrogens with zero attached hydrogens (tertiary/aromatic N) is 1. The Morgan fingerprint density at radius 1 is 1.10 bits per heavy atom. The lowest BCUT2D eigenvalue weighted by Gasteiger charge is -2.28. The van der Waals surface area contributed by atoms with Gasteiger partial charge in [0.15, 0.2) is 0 Å². The number of hydrogen-bond acceptors (Lipinski definition) is 2. The van der Waals surface area contributed by atoms with Crippen molar-refractivity contribution in [3.05, 3.63) is 68.4 Å². The average molecular weight is 416 g/mol. The van der Waals surface area contributed by atoms with E-state index in [9.17, 15) is 4.39 Å². The molecule has 2 N–H and O–H groups in total. The minimum absolute atomic E-state index is 0.151. The molecule has 1 unspecified atom stereocenters. The van der Waals surface area contributed by atoms with Crippen molar-refractivity contribution in [2.75, 3.05) is 13.6 Å². The first-order chi connectivity index (χ1) is 10.0. The van der Waals surface area contributed by atoms with Crippen LogP contribution in [0.1, 0.15) is 17.2 Å². The number of halogens is 3. The van der Waals surface area contributed by atoms with Crippen LogP contribution in [0, 0.1) is 5.82 Å². The van der Waals surface area contributed by atoms with Crippen LogP contribution in [0.3, 0.4) is 0 Å². The molecule has 0 heterocycles. The van der Waals surface area contributed by atoms with Crippen molar-refractivity contribution < 1.29 is 4.39 Å². The highest BCUT2D eigenvalue weighted by atomic mass is 79.9. The standard InChI is InChI=1S/C16H17Br2FN2/c1-21(10-11-2-4-12(17)5-3-11)16(9-20)14-7-6-13(18)8-15(14)19/h2-8,16H,9-10,20H2,1H3. The van der Waals surface area contributed by atoms with Gasteiger partial charge in [-0.1, -0.05) is 50.1 Å². The van der Waals surface area contributed by atoms with Gasteiger partial charge < -0.3 is 5.73 Å². The SMILES string of the molecule is CN(Cc1ccc(Br)cc1)C(CN)c1ccc(Br)cc1F. The van der Waals surface area contributed by atoms with E-state index in [2.05, 4.69) is 36.8 Å². The maximum absolute atomic E-state index is 14.1. The van der Waals surface area contributed by atoms with E-state index in [1.807, 2.05) is 37.4 Å². The van der Waals surface area contributed by atoms with Gasteiger partial charge in [-0.2, -0.15) is 0 Å². The van der Waals surface area contributed by atoms with Gasteiger partial charge >= 0.3 is 0 Å². The largest absolute Gasteiger partial charge is 0.329 e. The molecule has 0 aliphatic heterocycles. The molecule has 0 radical (unpaired) electrons. The van der Waals surface area contributed by atoms with E-state index in [1.54, 1.807) is 6.07 Å². The Kier molecular flexibility index (Phi) is 5.93. The third-order valence-corrected chi connectivity index (χ3v) is 4.44. The summed E-state index contributed by atoms with van der Waals surface area (Å²) in [4.78, 5) is 2.07. The molecule has 21 heavy (non-hydrogen) atoms. The molecule has 0 saturated carbocycles. The van der Waals surface area contributed by atoms with Crippen LogP contribution >= 0.6 is 31.9 Å². The van der Waals surface area contributed by atoms with Crippen molar-refractivity contribution in [3.63, 3.8) is 0 Å². The molecule has 0 aliphatic carbocycles. The molecule has 0 aromatic heterocycles. The number of hydrogen-bond donors (Lipinski definition) is 1. The van der Waals surface area contributed by atoms with Crippen LogP contribution in [0.5, 0.6) is 0 Å². The molecule has 0 aliphatic rings. The van der Waals surface area contributed by atoms with E-state index < -0.39 is 0 Å². The molecule has 1 atom stereocenters. The van der Waals surface area contributed by atoms with Crippen LogP contribution in [0.25, 0.3) is 0 Å². The zero-order chi connectivity index (χ0) is 15.4. The molecule has 0 amide bonds. The van der Waals surface area contributed by atoms with Gasteiger partial charge in [0.1, 0.15) is 5.82 Å². The number of nitrogens with two attached hydrogens (primary N) is 1.